The molecule has 2 rings (SSSR count). The summed E-state index contributed by atoms with van der Waals surface area (Å²) in [6.07, 6.45) is 5.04. The summed E-state index contributed by atoms with van der Waals surface area (Å²) in [5.74, 6) is 0.674. The predicted molar refractivity (Wildman–Crippen MR) is 76.0 cm³/mol. The van der Waals surface area contributed by atoms with Crippen molar-refractivity contribution < 1.29 is 14.6 Å². The summed E-state index contributed by atoms with van der Waals surface area (Å²) < 4.78 is 5.57. The minimum Gasteiger partial charge on any atom is -0.493 e. The molecule has 0 saturated heterocycles. The highest BCUT2D eigenvalue weighted by molar-refractivity contribution is 7.99. The maximum atomic E-state index is 10.6. The number of carbonyl (C=O) groups is 1. The Bertz CT molecular complexity index is 546. The van der Waals surface area contributed by atoms with Crippen molar-refractivity contribution in [1.29, 1.82) is 0 Å². The molecule has 0 radical (unpaired) electrons. The Labute approximate surface area is 121 Å². The molecule has 1 aromatic carbocycles. The van der Waals surface area contributed by atoms with Gasteiger partial charge >= 0.3 is 5.97 Å². The van der Waals surface area contributed by atoms with Crippen LogP contribution in [0.2, 0.25) is 0 Å². The second kappa shape index (κ2) is 7.49. The van der Waals surface area contributed by atoms with Crippen molar-refractivity contribution in [2.24, 2.45) is 0 Å². The van der Waals surface area contributed by atoms with Gasteiger partial charge in [0, 0.05) is 18.1 Å². The van der Waals surface area contributed by atoms with Crippen LogP contribution in [0.4, 0.5) is 0 Å². The van der Waals surface area contributed by atoms with Gasteiger partial charge in [0.25, 0.3) is 0 Å². The van der Waals surface area contributed by atoms with Crippen LogP contribution in [0.3, 0.4) is 0 Å². The summed E-state index contributed by atoms with van der Waals surface area (Å²) in [5.41, 5.74) is 0.763. The fraction of sp³-hybridized carbons (Fsp3) is 0.214. The van der Waals surface area contributed by atoms with Crippen molar-refractivity contribution >= 4 is 17.7 Å². The first kappa shape index (κ1) is 14.3. The molecule has 0 amide bonds. The second-order valence-corrected chi connectivity index (χ2v) is 5.07. The lowest BCUT2D eigenvalue weighted by atomic mass is 10.1. The van der Waals surface area contributed by atoms with Gasteiger partial charge in [0.15, 0.2) is 0 Å². The number of carboxylic acids is 1. The number of nitrogens with zero attached hydrogens (tertiary/aromatic N) is 2. The Morgan fingerprint density at radius 3 is 2.70 bits per heavy atom. The van der Waals surface area contributed by atoms with E-state index in [4.69, 9.17) is 9.84 Å². The lowest BCUT2D eigenvalue weighted by molar-refractivity contribution is -0.136. The van der Waals surface area contributed by atoms with Crippen LogP contribution in [0, 0.1) is 0 Å². The molecule has 2 aromatic rings. The van der Waals surface area contributed by atoms with Gasteiger partial charge in [-0.15, -0.1) is 11.8 Å². The van der Waals surface area contributed by atoms with Crippen LogP contribution in [-0.4, -0.2) is 33.4 Å². The van der Waals surface area contributed by atoms with Crippen molar-refractivity contribution in [2.75, 3.05) is 12.4 Å². The zero-order chi connectivity index (χ0) is 14.2. The molecule has 104 valence electrons. The summed E-state index contributed by atoms with van der Waals surface area (Å²) in [5, 5.41) is 9.54. The van der Waals surface area contributed by atoms with E-state index in [2.05, 4.69) is 9.97 Å². The van der Waals surface area contributed by atoms with Gasteiger partial charge in [-0.3, -0.25) is 9.78 Å². The van der Waals surface area contributed by atoms with E-state index in [1.807, 2.05) is 0 Å². The van der Waals surface area contributed by atoms with Crippen LogP contribution >= 0.6 is 11.8 Å². The van der Waals surface area contributed by atoms with Crippen LogP contribution in [0.1, 0.15) is 5.56 Å². The normalized spacial score (nSPS) is 10.2. The third-order valence-electron chi connectivity index (χ3n) is 2.42. The maximum Gasteiger partial charge on any atom is 0.307 e. The Morgan fingerprint density at radius 1 is 1.25 bits per heavy atom. The van der Waals surface area contributed by atoms with E-state index in [-0.39, 0.29) is 6.42 Å². The SMILES string of the molecule is O=C(O)Cc1ccc(OCCSc2cnccn2)cc1. The summed E-state index contributed by atoms with van der Waals surface area (Å²) >= 11 is 1.57. The summed E-state index contributed by atoms with van der Waals surface area (Å²) in [6.45, 7) is 0.555. The average Bonchev–Trinajstić information content (AvgIpc) is 2.46. The Hall–Kier alpha value is -2.08. The van der Waals surface area contributed by atoms with Gasteiger partial charge in [-0.2, -0.15) is 0 Å². The standard InChI is InChI=1S/C14H14N2O3S/c17-14(18)9-11-1-3-12(4-2-11)19-7-8-20-13-10-15-5-6-16-13/h1-6,10H,7-9H2,(H,17,18). The molecule has 1 N–H and O–H groups in total. The molecule has 0 atom stereocenters. The largest absolute Gasteiger partial charge is 0.493 e. The summed E-state index contributed by atoms with van der Waals surface area (Å²) in [4.78, 5) is 18.7. The minimum absolute atomic E-state index is 0.0306. The first-order valence-corrected chi connectivity index (χ1v) is 7.05. The smallest absolute Gasteiger partial charge is 0.307 e. The molecule has 0 aliphatic rings. The Morgan fingerprint density at radius 2 is 2.05 bits per heavy atom. The van der Waals surface area contributed by atoms with E-state index in [0.717, 1.165) is 22.1 Å². The fourth-order valence-electron chi connectivity index (χ4n) is 1.54. The van der Waals surface area contributed by atoms with E-state index in [1.165, 1.54) is 0 Å². The maximum absolute atomic E-state index is 10.6. The quantitative estimate of drug-likeness (QED) is 0.623. The zero-order valence-corrected chi connectivity index (χ0v) is 11.5. The van der Waals surface area contributed by atoms with Gasteiger partial charge in [-0.25, -0.2) is 4.98 Å². The van der Waals surface area contributed by atoms with Gasteiger partial charge < -0.3 is 9.84 Å². The number of aromatic nitrogens is 2. The van der Waals surface area contributed by atoms with Crippen molar-refractivity contribution in [1.82, 2.24) is 9.97 Å². The highest BCUT2D eigenvalue weighted by Gasteiger charge is 2.01. The Kier molecular flexibility index (Phi) is 5.37. The molecular weight excluding hydrogens is 276 g/mol. The van der Waals surface area contributed by atoms with Gasteiger partial charge in [0.2, 0.25) is 0 Å². The van der Waals surface area contributed by atoms with Gasteiger partial charge in [-0.05, 0) is 17.7 Å². The molecule has 0 bridgehead atoms. The van der Waals surface area contributed by atoms with E-state index in [0.29, 0.717) is 6.61 Å². The third kappa shape index (κ3) is 4.89. The van der Waals surface area contributed by atoms with Crippen LogP contribution in [0.15, 0.2) is 47.9 Å². The van der Waals surface area contributed by atoms with Crippen molar-refractivity contribution in [2.45, 2.75) is 11.4 Å². The number of hydrogen-bond acceptors (Lipinski definition) is 5. The molecule has 0 aliphatic heterocycles. The predicted octanol–water partition coefficient (Wildman–Crippen LogP) is 2.27. The first-order chi connectivity index (χ1) is 9.74. The molecular formula is C14H14N2O3S. The number of carboxylic acid groups (broad SMARTS) is 1. The van der Waals surface area contributed by atoms with Crippen molar-refractivity contribution in [3.05, 3.63) is 48.4 Å². The van der Waals surface area contributed by atoms with E-state index in [9.17, 15) is 4.79 Å². The molecule has 20 heavy (non-hydrogen) atoms. The molecule has 0 spiro atoms. The highest BCUT2D eigenvalue weighted by atomic mass is 32.2. The van der Waals surface area contributed by atoms with Crippen LogP contribution < -0.4 is 4.74 Å². The molecule has 0 aliphatic carbocycles. The molecule has 0 unspecified atom stereocenters. The molecule has 0 fully saturated rings. The molecule has 1 heterocycles. The topological polar surface area (TPSA) is 72.3 Å². The van der Waals surface area contributed by atoms with Gasteiger partial charge in [0.05, 0.1) is 19.2 Å². The van der Waals surface area contributed by atoms with E-state index in [1.54, 1.807) is 54.6 Å². The molecule has 5 nitrogen and oxygen atoms in total. The van der Waals surface area contributed by atoms with E-state index < -0.39 is 5.97 Å². The lowest BCUT2D eigenvalue weighted by Crippen LogP contribution is -2.02. The Balaban J connectivity index is 1.73. The fourth-order valence-corrected chi connectivity index (χ4v) is 2.19. The van der Waals surface area contributed by atoms with Crippen molar-refractivity contribution in [3.63, 3.8) is 0 Å². The number of thioether (sulfide) groups is 1. The highest BCUT2D eigenvalue weighted by Crippen LogP contribution is 2.15. The zero-order valence-electron chi connectivity index (χ0n) is 10.7. The number of ether oxygens (including phenoxy) is 1. The number of rotatable bonds is 7. The summed E-state index contributed by atoms with van der Waals surface area (Å²) in [6, 6.07) is 7.09. The van der Waals surface area contributed by atoms with Crippen LogP contribution in [0.5, 0.6) is 5.75 Å². The molecule has 0 saturated carbocycles. The third-order valence-corrected chi connectivity index (χ3v) is 3.30. The molecule has 6 heteroatoms. The number of hydrogen-bond donors (Lipinski definition) is 1. The van der Waals surface area contributed by atoms with Crippen LogP contribution in [-0.2, 0) is 11.2 Å². The lowest BCUT2D eigenvalue weighted by Gasteiger charge is -2.06. The average molecular weight is 290 g/mol. The first-order valence-electron chi connectivity index (χ1n) is 6.06. The van der Waals surface area contributed by atoms with Gasteiger partial charge in [0.1, 0.15) is 10.8 Å². The van der Waals surface area contributed by atoms with Gasteiger partial charge in [-0.1, -0.05) is 12.1 Å². The monoisotopic (exact) mass is 290 g/mol. The van der Waals surface area contributed by atoms with Crippen molar-refractivity contribution in [3.8, 4) is 5.75 Å². The minimum atomic E-state index is -0.834. The van der Waals surface area contributed by atoms with Crippen LogP contribution in [0.25, 0.3) is 0 Å². The number of benzene rings is 1. The van der Waals surface area contributed by atoms with E-state index >= 15 is 0 Å². The summed E-state index contributed by atoms with van der Waals surface area (Å²) in [7, 11) is 0. The second-order valence-electron chi connectivity index (χ2n) is 3.96. The molecule has 1 aromatic heterocycles. The number of aliphatic carboxylic acids is 1.